The molecule has 2 heterocycles. The summed E-state index contributed by atoms with van der Waals surface area (Å²) in [6.45, 7) is 4.91. The Morgan fingerprint density at radius 1 is 1.15 bits per heavy atom. The molecule has 3 amide bonds. The first-order chi connectivity index (χ1) is 15.8. The van der Waals surface area contributed by atoms with Gasteiger partial charge in [-0.1, -0.05) is 35.3 Å². The van der Waals surface area contributed by atoms with Gasteiger partial charge in [0.15, 0.2) is 0 Å². The van der Waals surface area contributed by atoms with E-state index in [2.05, 4.69) is 10.2 Å². The second-order valence-corrected chi connectivity index (χ2v) is 9.33. The van der Waals surface area contributed by atoms with E-state index in [4.69, 9.17) is 27.9 Å². The van der Waals surface area contributed by atoms with Gasteiger partial charge in [0.25, 0.3) is 0 Å². The molecule has 0 spiro atoms. The van der Waals surface area contributed by atoms with Crippen molar-refractivity contribution in [3.8, 4) is 0 Å². The van der Waals surface area contributed by atoms with Gasteiger partial charge in [-0.15, -0.1) is 0 Å². The number of hydrogen-bond acceptors (Lipinski definition) is 5. The van der Waals surface area contributed by atoms with Gasteiger partial charge in [0, 0.05) is 51.4 Å². The molecule has 1 N–H and O–H groups in total. The molecule has 2 fully saturated rings. The zero-order valence-electron chi connectivity index (χ0n) is 18.8. The van der Waals surface area contributed by atoms with E-state index in [1.54, 1.807) is 32.2 Å². The van der Waals surface area contributed by atoms with Crippen LogP contribution in [0.1, 0.15) is 31.4 Å². The smallest absolute Gasteiger partial charge is 0.338 e. The van der Waals surface area contributed by atoms with Crippen molar-refractivity contribution in [3.05, 3.63) is 45.1 Å². The molecule has 1 aromatic rings. The van der Waals surface area contributed by atoms with Crippen molar-refractivity contribution in [2.45, 2.75) is 25.8 Å². The van der Waals surface area contributed by atoms with Gasteiger partial charge in [-0.2, -0.15) is 0 Å². The SMILES string of the molecule is CCOC(=O)C1=C(CN2CCN(C(=O)C3CC3)CC2)N(C)C(=O)NC1c1cccc(Cl)c1Cl. The van der Waals surface area contributed by atoms with Gasteiger partial charge in [0.1, 0.15) is 0 Å². The second kappa shape index (κ2) is 9.91. The average molecular weight is 495 g/mol. The Hall–Kier alpha value is -2.29. The minimum Gasteiger partial charge on any atom is -0.463 e. The number of esters is 1. The second-order valence-electron chi connectivity index (χ2n) is 8.54. The molecule has 4 rings (SSSR count). The van der Waals surface area contributed by atoms with Gasteiger partial charge in [-0.05, 0) is 31.4 Å². The Balaban J connectivity index is 1.63. The molecule has 2 aliphatic heterocycles. The highest BCUT2D eigenvalue weighted by Crippen LogP contribution is 2.37. The lowest BCUT2D eigenvalue weighted by Crippen LogP contribution is -2.53. The molecule has 1 aliphatic carbocycles. The number of piperazine rings is 1. The third-order valence-electron chi connectivity index (χ3n) is 6.35. The summed E-state index contributed by atoms with van der Waals surface area (Å²) >= 11 is 12.7. The number of rotatable bonds is 6. The van der Waals surface area contributed by atoms with Gasteiger partial charge < -0.3 is 15.0 Å². The fraction of sp³-hybridized carbons (Fsp3) is 0.522. The van der Waals surface area contributed by atoms with Crippen molar-refractivity contribution in [1.82, 2.24) is 20.0 Å². The van der Waals surface area contributed by atoms with Crippen LogP contribution in [0, 0.1) is 5.92 Å². The highest BCUT2D eigenvalue weighted by molar-refractivity contribution is 6.42. The van der Waals surface area contributed by atoms with E-state index < -0.39 is 12.0 Å². The molecule has 33 heavy (non-hydrogen) atoms. The van der Waals surface area contributed by atoms with Crippen molar-refractivity contribution in [3.63, 3.8) is 0 Å². The Morgan fingerprint density at radius 2 is 1.85 bits per heavy atom. The molecule has 1 atom stereocenters. The standard InChI is InChI=1S/C23H28Cl2N4O4/c1-3-33-22(31)18-17(13-28-9-11-29(12-10-28)21(30)14-7-8-14)27(2)23(32)26-20(18)15-5-4-6-16(24)19(15)25/h4-6,14,20H,3,7-13H2,1-2H3,(H,26,32). The van der Waals surface area contributed by atoms with Crippen molar-refractivity contribution in [2.75, 3.05) is 46.4 Å². The van der Waals surface area contributed by atoms with Gasteiger partial charge in [-0.25, -0.2) is 9.59 Å². The molecule has 0 bridgehead atoms. The first kappa shape index (κ1) is 23.9. The number of benzene rings is 1. The average Bonchev–Trinajstić information content (AvgIpc) is 3.64. The monoisotopic (exact) mass is 494 g/mol. The van der Waals surface area contributed by atoms with E-state index in [-0.39, 0.29) is 29.5 Å². The predicted molar refractivity (Wildman–Crippen MR) is 125 cm³/mol. The maximum atomic E-state index is 13.1. The van der Waals surface area contributed by atoms with Crippen LogP contribution >= 0.6 is 23.2 Å². The molecule has 1 saturated heterocycles. The number of nitrogens with zero attached hydrogens (tertiary/aromatic N) is 3. The topological polar surface area (TPSA) is 82.2 Å². The maximum Gasteiger partial charge on any atom is 0.338 e. The summed E-state index contributed by atoms with van der Waals surface area (Å²) in [4.78, 5) is 43.8. The van der Waals surface area contributed by atoms with Crippen LogP contribution in [0.2, 0.25) is 10.0 Å². The molecule has 1 saturated carbocycles. The molecule has 1 aromatic carbocycles. The Morgan fingerprint density at radius 3 is 2.48 bits per heavy atom. The van der Waals surface area contributed by atoms with E-state index in [0.29, 0.717) is 54.6 Å². The molecule has 10 heteroatoms. The first-order valence-corrected chi connectivity index (χ1v) is 12.0. The van der Waals surface area contributed by atoms with Crippen LogP contribution in [0.3, 0.4) is 0 Å². The van der Waals surface area contributed by atoms with Gasteiger partial charge in [0.05, 0.1) is 28.3 Å². The Bertz CT molecular complexity index is 987. The lowest BCUT2D eigenvalue weighted by Gasteiger charge is -2.39. The van der Waals surface area contributed by atoms with Crippen LogP contribution < -0.4 is 5.32 Å². The first-order valence-electron chi connectivity index (χ1n) is 11.2. The molecule has 1 unspecified atom stereocenters. The molecule has 0 aromatic heterocycles. The molecular weight excluding hydrogens is 467 g/mol. The van der Waals surface area contributed by atoms with Crippen LogP contribution in [-0.4, -0.2) is 79.0 Å². The summed E-state index contributed by atoms with van der Waals surface area (Å²) in [5, 5.41) is 3.48. The fourth-order valence-corrected chi connectivity index (χ4v) is 4.72. The van der Waals surface area contributed by atoms with Crippen molar-refractivity contribution in [2.24, 2.45) is 5.92 Å². The van der Waals surface area contributed by atoms with E-state index >= 15 is 0 Å². The van der Waals surface area contributed by atoms with Crippen molar-refractivity contribution < 1.29 is 19.1 Å². The molecular formula is C23H28Cl2N4O4. The predicted octanol–water partition coefficient (Wildman–Crippen LogP) is 3.06. The fourth-order valence-electron chi connectivity index (χ4n) is 4.30. The third kappa shape index (κ3) is 4.98. The number of nitrogens with one attached hydrogen (secondary N) is 1. The van der Waals surface area contributed by atoms with Gasteiger partial charge in [0.2, 0.25) is 5.91 Å². The van der Waals surface area contributed by atoms with E-state index in [1.807, 2.05) is 4.90 Å². The summed E-state index contributed by atoms with van der Waals surface area (Å²) in [5.41, 5.74) is 1.42. The summed E-state index contributed by atoms with van der Waals surface area (Å²) in [6, 6.07) is 3.99. The zero-order chi connectivity index (χ0) is 23.7. The number of carbonyl (C=O) groups excluding carboxylic acids is 3. The molecule has 3 aliphatic rings. The van der Waals surface area contributed by atoms with Gasteiger partial charge in [-0.3, -0.25) is 14.6 Å². The molecule has 0 radical (unpaired) electrons. The molecule has 8 nitrogen and oxygen atoms in total. The molecule has 178 valence electrons. The Labute approximate surface area is 203 Å². The Kier molecular flexibility index (Phi) is 7.16. The zero-order valence-corrected chi connectivity index (χ0v) is 20.3. The highest BCUT2D eigenvalue weighted by Gasteiger charge is 2.39. The summed E-state index contributed by atoms with van der Waals surface area (Å²) in [6.07, 6.45) is 1.98. The number of halogens is 2. The normalized spacial score (nSPS) is 21.8. The quantitative estimate of drug-likeness (QED) is 0.614. The minimum absolute atomic E-state index is 0.200. The number of hydrogen-bond donors (Lipinski definition) is 1. The lowest BCUT2D eigenvalue weighted by molar-refractivity contribution is -0.139. The maximum absolute atomic E-state index is 13.1. The minimum atomic E-state index is -0.785. The largest absolute Gasteiger partial charge is 0.463 e. The number of likely N-dealkylation sites (N-methyl/N-ethyl adjacent to an activating group) is 1. The van der Waals surface area contributed by atoms with E-state index in [9.17, 15) is 14.4 Å². The van der Waals surface area contributed by atoms with Crippen LogP contribution in [0.5, 0.6) is 0 Å². The van der Waals surface area contributed by atoms with Gasteiger partial charge >= 0.3 is 12.0 Å². The summed E-state index contributed by atoms with van der Waals surface area (Å²) in [7, 11) is 1.63. The lowest BCUT2D eigenvalue weighted by atomic mass is 9.94. The van der Waals surface area contributed by atoms with E-state index in [1.165, 1.54) is 4.90 Å². The summed E-state index contributed by atoms with van der Waals surface area (Å²) in [5.74, 6) is -0.0695. The highest BCUT2D eigenvalue weighted by atomic mass is 35.5. The van der Waals surface area contributed by atoms with Crippen molar-refractivity contribution in [1.29, 1.82) is 0 Å². The van der Waals surface area contributed by atoms with Crippen LogP contribution in [-0.2, 0) is 14.3 Å². The number of ether oxygens (including phenoxy) is 1. The van der Waals surface area contributed by atoms with Crippen LogP contribution in [0.25, 0.3) is 0 Å². The number of amides is 3. The van der Waals surface area contributed by atoms with Crippen molar-refractivity contribution >= 4 is 41.1 Å². The summed E-state index contributed by atoms with van der Waals surface area (Å²) < 4.78 is 5.37. The van der Waals surface area contributed by atoms with Crippen LogP contribution in [0.15, 0.2) is 29.5 Å². The van der Waals surface area contributed by atoms with E-state index in [0.717, 1.165) is 12.8 Å². The number of carbonyl (C=O) groups is 3. The number of urea groups is 1. The van der Waals surface area contributed by atoms with Crippen LogP contribution in [0.4, 0.5) is 4.79 Å². The third-order valence-corrected chi connectivity index (χ3v) is 7.18.